The van der Waals surface area contributed by atoms with Crippen molar-refractivity contribution in [2.24, 2.45) is 7.05 Å². The molecule has 0 aliphatic heterocycles. The van der Waals surface area contributed by atoms with E-state index in [9.17, 15) is 5.11 Å². The van der Waals surface area contributed by atoms with Crippen LogP contribution < -0.4 is 10.1 Å². The summed E-state index contributed by atoms with van der Waals surface area (Å²) in [6.45, 7) is 0.452. The number of carboxylic acids is 2. The van der Waals surface area contributed by atoms with E-state index in [0.717, 1.165) is 27.2 Å². The van der Waals surface area contributed by atoms with Gasteiger partial charge in [0.2, 0.25) is 5.95 Å². The van der Waals surface area contributed by atoms with E-state index in [1.54, 1.807) is 6.07 Å². The summed E-state index contributed by atoms with van der Waals surface area (Å²) in [5.74, 6) is -2.31. The molecule has 9 nitrogen and oxygen atoms in total. The first-order valence-electron chi connectivity index (χ1n) is 8.57. The van der Waals surface area contributed by atoms with Crippen molar-refractivity contribution in [1.82, 2.24) is 9.55 Å². The van der Waals surface area contributed by atoms with Gasteiger partial charge in [0, 0.05) is 23.6 Å². The molecule has 3 aromatic rings. The number of benzene rings is 2. The molecule has 0 fully saturated rings. The zero-order chi connectivity index (χ0) is 22.3. The number of carboxylic acid groups (broad SMARTS) is 2. The maximum Gasteiger partial charge on any atom is 0.414 e. The van der Waals surface area contributed by atoms with Gasteiger partial charge in [0.15, 0.2) is 11.5 Å². The number of imidazole rings is 1. The molecule has 3 rings (SSSR count). The van der Waals surface area contributed by atoms with Crippen LogP contribution in [-0.4, -0.2) is 43.9 Å². The second kappa shape index (κ2) is 10.3. The lowest BCUT2D eigenvalue weighted by molar-refractivity contribution is -0.159. The van der Waals surface area contributed by atoms with Crippen LogP contribution in [0.2, 0.25) is 0 Å². The normalized spacial score (nSPS) is 9.97. The Labute approximate surface area is 180 Å². The number of anilines is 1. The predicted molar refractivity (Wildman–Crippen MR) is 114 cm³/mol. The number of ether oxygens (including phenoxy) is 1. The molecule has 0 aliphatic carbocycles. The highest BCUT2D eigenvalue weighted by Gasteiger charge is 2.11. The van der Waals surface area contributed by atoms with Crippen LogP contribution in [0, 0.1) is 0 Å². The number of methoxy groups -OCH3 is 1. The number of rotatable bonds is 5. The molecular weight excluding hydrogens is 458 g/mol. The maximum atomic E-state index is 10.1. The Morgan fingerprint density at radius 2 is 1.77 bits per heavy atom. The molecule has 0 unspecified atom stereocenters. The number of aliphatic carboxylic acids is 2. The minimum Gasteiger partial charge on any atom is -0.504 e. The lowest BCUT2D eigenvalue weighted by Gasteiger charge is -2.11. The second-order valence-electron chi connectivity index (χ2n) is 5.96. The summed E-state index contributed by atoms with van der Waals surface area (Å²) in [5, 5.41) is 28.2. The number of aromatic hydroxyl groups is 1. The van der Waals surface area contributed by atoms with Crippen molar-refractivity contribution >= 4 is 33.8 Å². The number of nitrogens with one attached hydrogen (secondary N) is 1. The molecule has 0 amide bonds. The third-order valence-electron chi connectivity index (χ3n) is 4.05. The number of para-hydroxylation sites is 1. The minimum atomic E-state index is -1.82. The van der Waals surface area contributed by atoms with Crippen molar-refractivity contribution in [3.63, 3.8) is 0 Å². The molecule has 0 saturated carbocycles. The Kier molecular flexibility index (Phi) is 7.82. The molecule has 2 aromatic carbocycles. The van der Waals surface area contributed by atoms with Gasteiger partial charge in [-0.05, 0) is 23.8 Å². The molecule has 158 valence electrons. The average molecular weight is 478 g/mol. The predicted octanol–water partition coefficient (Wildman–Crippen LogP) is 3.33. The fourth-order valence-corrected chi connectivity index (χ4v) is 2.78. The zero-order valence-electron chi connectivity index (χ0n) is 16.2. The SMILES string of the molecule is COc1cccc(CNc2ncc(-c3ccc(Br)cc3)n2C)c1O.O=C(O)C(=O)O. The van der Waals surface area contributed by atoms with Crippen LogP contribution in [-0.2, 0) is 23.2 Å². The zero-order valence-corrected chi connectivity index (χ0v) is 17.8. The van der Waals surface area contributed by atoms with E-state index >= 15 is 0 Å². The van der Waals surface area contributed by atoms with E-state index in [2.05, 4.69) is 26.2 Å². The van der Waals surface area contributed by atoms with E-state index in [1.807, 2.05) is 54.2 Å². The van der Waals surface area contributed by atoms with Gasteiger partial charge in [-0.2, -0.15) is 0 Å². The monoisotopic (exact) mass is 477 g/mol. The van der Waals surface area contributed by atoms with E-state index in [-0.39, 0.29) is 5.75 Å². The standard InChI is InChI=1S/C18H18BrN3O2.C2H2O4/c1-22-15(12-6-8-14(19)9-7-12)11-21-18(22)20-10-13-4-3-5-16(24-2)17(13)23;3-1(4)2(5)6/h3-9,11,23H,10H2,1-2H3,(H,20,21);(H,3,4)(H,5,6). The van der Waals surface area contributed by atoms with Crippen LogP contribution >= 0.6 is 15.9 Å². The first kappa shape index (κ1) is 22.8. The Hall–Kier alpha value is -3.53. The molecule has 0 bridgehead atoms. The van der Waals surface area contributed by atoms with Gasteiger partial charge in [0.25, 0.3) is 0 Å². The number of phenolic OH excluding ortho intramolecular Hbond substituents is 1. The highest BCUT2D eigenvalue weighted by Crippen LogP contribution is 2.30. The Morgan fingerprint density at radius 1 is 1.13 bits per heavy atom. The fraction of sp³-hybridized carbons (Fsp3) is 0.150. The fourth-order valence-electron chi connectivity index (χ4n) is 2.51. The van der Waals surface area contributed by atoms with Gasteiger partial charge in [0.1, 0.15) is 0 Å². The maximum absolute atomic E-state index is 10.1. The van der Waals surface area contributed by atoms with Gasteiger partial charge in [-0.3, -0.25) is 0 Å². The molecule has 0 spiro atoms. The van der Waals surface area contributed by atoms with Gasteiger partial charge >= 0.3 is 11.9 Å². The van der Waals surface area contributed by atoms with Crippen LogP contribution in [0.5, 0.6) is 11.5 Å². The van der Waals surface area contributed by atoms with Crippen molar-refractivity contribution in [2.75, 3.05) is 12.4 Å². The number of phenols is 1. The summed E-state index contributed by atoms with van der Waals surface area (Å²) < 4.78 is 8.16. The van der Waals surface area contributed by atoms with Crippen LogP contribution in [0.15, 0.2) is 53.1 Å². The Morgan fingerprint density at radius 3 is 2.33 bits per heavy atom. The van der Waals surface area contributed by atoms with Crippen LogP contribution in [0.25, 0.3) is 11.3 Å². The number of nitrogens with zero attached hydrogens (tertiary/aromatic N) is 2. The van der Waals surface area contributed by atoms with Crippen LogP contribution in [0.3, 0.4) is 0 Å². The average Bonchev–Trinajstić information content (AvgIpc) is 3.08. The lowest BCUT2D eigenvalue weighted by atomic mass is 10.2. The highest BCUT2D eigenvalue weighted by atomic mass is 79.9. The summed E-state index contributed by atoms with van der Waals surface area (Å²) in [6.07, 6.45) is 1.83. The molecule has 0 atom stereocenters. The summed E-state index contributed by atoms with van der Waals surface area (Å²) in [7, 11) is 3.49. The minimum absolute atomic E-state index is 0.148. The lowest BCUT2D eigenvalue weighted by Crippen LogP contribution is -2.09. The molecule has 0 aliphatic rings. The Balaban J connectivity index is 0.000000469. The van der Waals surface area contributed by atoms with Crippen molar-refractivity contribution in [3.8, 4) is 22.8 Å². The first-order valence-corrected chi connectivity index (χ1v) is 9.36. The topological polar surface area (TPSA) is 134 Å². The molecule has 1 heterocycles. The first-order chi connectivity index (χ1) is 14.2. The molecule has 0 radical (unpaired) electrons. The van der Waals surface area contributed by atoms with Crippen molar-refractivity contribution in [1.29, 1.82) is 0 Å². The summed E-state index contributed by atoms with van der Waals surface area (Å²) >= 11 is 3.44. The second-order valence-corrected chi connectivity index (χ2v) is 6.88. The third kappa shape index (κ3) is 5.74. The molecular formula is C20H20BrN3O6. The molecule has 1 aromatic heterocycles. The molecule has 30 heavy (non-hydrogen) atoms. The van der Waals surface area contributed by atoms with Gasteiger partial charge in [-0.15, -0.1) is 0 Å². The van der Waals surface area contributed by atoms with Gasteiger partial charge in [0.05, 0.1) is 19.0 Å². The highest BCUT2D eigenvalue weighted by molar-refractivity contribution is 9.10. The molecule has 0 saturated heterocycles. The van der Waals surface area contributed by atoms with Crippen molar-refractivity contribution in [2.45, 2.75) is 6.54 Å². The number of hydrogen-bond donors (Lipinski definition) is 4. The van der Waals surface area contributed by atoms with E-state index in [1.165, 1.54) is 7.11 Å². The van der Waals surface area contributed by atoms with Gasteiger partial charge < -0.3 is 29.9 Å². The van der Waals surface area contributed by atoms with E-state index in [4.69, 9.17) is 24.5 Å². The number of halogens is 1. The smallest absolute Gasteiger partial charge is 0.414 e. The molecule has 4 N–H and O–H groups in total. The number of hydrogen-bond acceptors (Lipinski definition) is 6. The number of carbonyl (C=O) groups is 2. The van der Waals surface area contributed by atoms with Gasteiger partial charge in [-0.1, -0.05) is 40.2 Å². The summed E-state index contributed by atoms with van der Waals surface area (Å²) in [6, 6.07) is 13.5. The third-order valence-corrected chi connectivity index (χ3v) is 4.58. The van der Waals surface area contributed by atoms with Crippen LogP contribution in [0.1, 0.15) is 5.56 Å². The molecule has 10 heteroatoms. The quantitative estimate of drug-likeness (QED) is 0.411. The van der Waals surface area contributed by atoms with E-state index in [0.29, 0.717) is 12.3 Å². The van der Waals surface area contributed by atoms with Crippen molar-refractivity contribution < 1.29 is 29.6 Å². The van der Waals surface area contributed by atoms with E-state index < -0.39 is 11.9 Å². The van der Waals surface area contributed by atoms with Gasteiger partial charge in [-0.25, -0.2) is 14.6 Å². The summed E-state index contributed by atoms with van der Waals surface area (Å²) in [4.78, 5) is 22.6. The summed E-state index contributed by atoms with van der Waals surface area (Å²) in [5.41, 5.74) is 2.85. The Bertz CT molecular complexity index is 1020. The van der Waals surface area contributed by atoms with Crippen molar-refractivity contribution in [3.05, 3.63) is 58.7 Å². The number of aromatic nitrogens is 2. The van der Waals surface area contributed by atoms with Crippen LogP contribution in [0.4, 0.5) is 5.95 Å². The largest absolute Gasteiger partial charge is 0.504 e.